The lowest BCUT2D eigenvalue weighted by atomic mass is 9.73. The van der Waals surface area contributed by atoms with Gasteiger partial charge in [-0.3, -0.25) is 4.79 Å². The molecule has 84 valence electrons. The van der Waals surface area contributed by atoms with E-state index in [-0.39, 0.29) is 11.4 Å². The number of fused-ring (bicyclic) bond motifs is 1. The van der Waals surface area contributed by atoms with Crippen LogP contribution >= 0.6 is 0 Å². The second kappa shape index (κ2) is 3.24. The highest BCUT2D eigenvalue weighted by Crippen LogP contribution is 2.46. The Hall–Kier alpha value is -1.51. The van der Waals surface area contributed by atoms with Crippen molar-refractivity contribution in [1.29, 1.82) is 0 Å². The molecular weight excluding hydrogens is 200 g/mol. The number of amides is 1. The molecule has 1 aliphatic carbocycles. The number of hydrogen-bond acceptors (Lipinski definition) is 2. The number of anilines is 2. The van der Waals surface area contributed by atoms with E-state index in [1.165, 1.54) is 5.69 Å². The predicted octanol–water partition coefficient (Wildman–Crippen LogP) is 2.39. The number of para-hydroxylation sites is 2. The fourth-order valence-corrected chi connectivity index (χ4v) is 2.89. The van der Waals surface area contributed by atoms with Gasteiger partial charge in [0.15, 0.2) is 0 Å². The molecule has 3 heteroatoms. The highest BCUT2D eigenvalue weighted by atomic mass is 16.2. The quantitative estimate of drug-likeness (QED) is 0.781. The van der Waals surface area contributed by atoms with Crippen molar-refractivity contribution in [1.82, 2.24) is 0 Å². The van der Waals surface area contributed by atoms with Crippen LogP contribution in [0, 0.1) is 0 Å². The molecule has 0 atom stereocenters. The number of carbonyl (C=O) groups excluding carboxylic acids is 1. The summed E-state index contributed by atoms with van der Waals surface area (Å²) in [5, 5.41) is 3.04. The van der Waals surface area contributed by atoms with Crippen molar-refractivity contribution in [2.45, 2.75) is 31.7 Å². The third kappa shape index (κ3) is 1.06. The van der Waals surface area contributed by atoms with E-state index in [0.717, 1.165) is 31.5 Å². The second-order valence-corrected chi connectivity index (χ2v) is 4.60. The zero-order valence-corrected chi connectivity index (χ0v) is 9.49. The summed E-state index contributed by atoms with van der Waals surface area (Å²) in [5.74, 6) is 0.180. The van der Waals surface area contributed by atoms with Crippen molar-refractivity contribution in [3.05, 3.63) is 24.3 Å². The van der Waals surface area contributed by atoms with Crippen LogP contribution < -0.4 is 10.2 Å². The maximum atomic E-state index is 12.2. The summed E-state index contributed by atoms with van der Waals surface area (Å²) in [4.78, 5) is 14.4. The summed E-state index contributed by atoms with van der Waals surface area (Å²) in [6, 6.07) is 8.07. The van der Waals surface area contributed by atoms with Crippen LogP contribution in [0.4, 0.5) is 11.4 Å². The molecule has 3 nitrogen and oxygen atoms in total. The standard InChI is InChI=1S/C13H16N2O/c1-2-15-11-7-4-3-6-10(11)14-12(16)13(15)8-5-9-13/h3-4,6-7H,2,5,8-9H2,1H3,(H,14,16). The first-order chi connectivity index (χ1) is 7.78. The molecule has 0 bridgehead atoms. The summed E-state index contributed by atoms with van der Waals surface area (Å²) < 4.78 is 0. The van der Waals surface area contributed by atoms with E-state index >= 15 is 0 Å². The number of benzene rings is 1. The Bertz CT molecular complexity index is 437. The number of carbonyl (C=O) groups is 1. The van der Waals surface area contributed by atoms with Crippen molar-refractivity contribution < 1.29 is 4.79 Å². The van der Waals surface area contributed by atoms with E-state index in [1.54, 1.807) is 0 Å². The van der Waals surface area contributed by atoms with Gasteiger partial charge in [0.25, 0.3) is 0 Å². The van der Waals surface area contributed by atoms with E-state index < -0.39 is 0 Å². The lowest BCUT2D eigenvalue weighted by Crippen LogP contribution is -2.63. The van der Waals surface area contributed by atoms with Gasteiger partial charge in [0.05, 0.1) is 11.4 Å². The number of likely N-dealkylation sites (N-methyl/N-ethyl adjacent to an activating group) is 1. The summed E-state index contributed by atoms with van der Waals surface area (Å²) in [7, 11) is 0. The highest BCUT2D eigenvalue weighted by Gasteiger charge is 2.51. The fraction of sp³-hybridized carbons (Fsp3) is 0.462. The number of rotatable bonds is 1. The van der Waals surface area contributed by atoms with Crippen LogP contribution in [0.2, 0.25) is 0 Å². The predicted molar refractivity (Wildman–Crippen MR) is 64.7 cm³/mol. The van der Waals surface area contributed by atoms with Gasteiger partial charge in [-0.15, -0.1) is 0 Å². The molecule has 2 aliphatic rings. The molecule has 0 aromatic heterocycles. The molecule has 1 amide bonds. The van der Waals surface area contributed by atoms with Crippen molar-refractivity contribution in [2.24, 2.45) is 0 Å². The molecule has 1 saturated carbocycles. The molecule has 1 heterocycles. The molecule has 1 N–H and O–H groups in total. The normalized spacial score (nSPS) is 21.3. The third-order valence-corrected chi connectivity index (χ3v) is 3.88. The molecule has 0 saturated heterocycles. The van der Waals surface area contributed by atoms with Crippen molar-refractivity contribution in [3.63, 3.8) is 0 Å². The van der Waals surface area contributed by atoms with Crippen LogP contribution in [0.5, 0.6) is 0 Å². The van der Waals surface area contributed by atoms with Crippen molar-refractivity contribution in [2.75, 3.05) is 16.8 Å². The van der Waals surface area contributed by atoms with E-state index in [0.29, 0.717) is 0 Å². The Morgan fingerprint density at radius 3 is 2.75 bits per heavy atom. The average molecular weight is 216 g/mol. The van der Waals surface area contributed by atoms with E-state index in [2.05, 4.69) is 23.2 Å². The fourth-order valence-electron chi connectivity index (χ4n) is 2.89. The molecule has 16 heavy (non-hydrogen) atoms. The van der Waals surface area contributed by atoms with Crippen molar-refractivity contribution >= 4 is 17.3 Å². The third-order valence-electron chi connectivity index (χ3n) is 3.88. The van der Waals surface area contributed by atoms with Gasteiger partial charge in [0, 0.05) is 6.54 Å². The van der Waals surface area contributed by atoms with Crippen LogP contribution in [0.15, 0.2) is 24.3 Å². The molecule has 1 aromatic rings. The van der Waals surface area contributed by atoms with Gasteiger partial charge in [-0.2, -0.15) is 0 Å². The number of nitrogens with zero attached hydrogens (tertiary/aromatic N) is 1. The second-order valence-electron chi connectivity index (χ2n) is 4.60. The molecule has 3 rings (SSSR count). The minimum Gasteiger partial charge on any atom is -0.356 e. The molecule has 1 spiro atoms. The smallest absolute Gasteiger partial charge is 0.250 e. The van der Waals surface area contributed by atoms with Gasteiger partial charge in [-0.1, -0.05) is 12.1 Å². The van der Waals surface area contributed by atoms with E-state index in [4.69, 9.17) is 0 Å². The maximum absolute atomic E-state index is 12.2. The largest absolute Gasteiger partial charge is 0.356 e. The minimum atomic E-state index is -0.247. The van der Waals surface area contributed by atoms with Gasteiger partial charge < -0.3 is 10.2 Å². The maximum Gasteiger partial charge on any atom is 0.250 e. The number of hydrogen-bond donors (Lipinski definition) is 1. The Kier molecular flexibility index (Phi) is 1.96. The van der Waals surface area contributed by atoms with Gasteiger partial charge >= 0.3 is 0 Å². The molecular formula is C13H16N2O. The summed E-state index contributed by atoms with van der Waals surface area (Å²) >= 11 is 0. The lowest BCUT2D eigenvalue weighted by Gasteiger charge is -2.52. The van der Waals surface area contributed by atoms with Crippen LogP contribution in [-0.2, 0) is 4.79 Å². The average Bonchev–Trinajstić information content (AvgIpc) is 2.24. The zero-order chi connectivity index (χ0) is 11.2. The summed E-state index contributed by atoms with van der Waals surface area (Å²) in [5.41, 5.74) is 1.87. The highest BCUT2D eigenvalue weighted by molar-refractivity contribution is 6.07. The number of nitrogens with one attached hydrogen (secondary N) is 1. The van der Waals surface area contributed by atoms with Crippen molar-refractivity contribution in [3.8, 4) is 0 Å². The first-order valence-electron chi connectivity index (χ1n) is 5.96. The van der Waals surface area contributed by atoms with Gasteiger partial charge in [-0.25, -0.2) is 0 Å². The van der Waals surface area contributed by atoms with Crippen LogP contribution in [-0.4, -0.2) is 18.0 Å². The van der Waals surface area contributed by atoms with Gasteiger partial charge in [-0.05, 0) is 38.3 Å². The first-order valence-corrected chi connectivity index (χ1v) is 5.96. The SMILES string of the molecule is CCN1c2ccccc2NC(=O)C12CCC2. The van der Waals surface area contributed by atoms with Gasteiger partial charge in [0.1, 0.15) is 5.54 Å². The molecule has 1 aromatic carbocycles. The van der Waals surface area contributed by atoms with Crippen LogP contribution in [0.1, 0.15) is 26.2 Å². The topological polar surface area (TPSA) is 32.3 Å². The van der Waals surface area contributed by atoms with Gasteiger partial charge in [0.2, 0.25) is 5.91 Å². The Morgan fingerprint density at radius 2 is 2.12 bits per heavy atom. The van der Waals surface area contributed by atoms with Crippen LogP contribution in [0.3, 0.4) is 0 Å². The molecule has 0 unspecified atom stereocenters. The first kappa shape index (κ1) is 9.70. The molecule has 1 aliphatic heterocycles. The Balaban J connectivity index is 2.11. The minimum absolute atomic E-state index is 0.180. The Morgan fingerprint density at radius 1 is 1.38 bits per heavy atom. The Labute approximate surface area is 95.4 Å². The summed E-state index contributed by atoms with van der Waals surface area (Å²) in [6.07, 6.45) is 3.13. The monoisotopic (exact) mass is 216 g/mol. The van der Waals surface area contributed by atoms with Crippen LogP contribution in [0.25, 0.3) is 0 Å². The lowest BCUT2D eigenvalue weighted by molar-refractivity contribution is -0.124. The summed E-state index contributed by atoms with van der Waals surface area (Å²) in [6.45, 7) is 3.01. The molecule has 1 fully saturated rings. The van der Waals surface area contributed by atoms with E-state index in [1.807, 2.05) is 18.2 Å². The molecule has 0 radical (unpaired) electrons. The zero-order valence-electron chi connectivity index (χ0n) is 9.49. The van der Waals surface area contributed by atoms with E-state index in [9.17, 15) is 4.79 Å².